The lowest BCUT2D eigenvalue weighted by Gasteiger charge is -2.12. The fourth-order valence-corrected chi connectivity index (χ4v) is 2.50. The van der Waals surface area contributed by atoms with Crippen LogP contribution in [-0.2, 0) is 0 Å². The van der Waals surface area contributed by atoms with Crippen molar-refractivity contribution >= 4 is 11.8 Å². The van der Waals surface area contributed by atoms with E-state index in [1.807, 2.05) is 18.0 Å². The van der Waals surface area contributed by atoms with Crippen LogP contribution in [-0.4, -0.2) is 17.3 Å². The van der Waals surface area contributed by atoms with Gasteiger partial charge in [0.1, 0.15) is 0 Å². The monoisotopic (exact) mass is 252 g/mol. The molecule has 3 heteroatoms. The summed E-state index contributed by atoms with van der Waals surface area (Å²) in [6.45, 7) is 9.78. The largest absolute Gasteiger partial charge is 0.309 e. The molecule has 2 nitrogen and oxygen atoms in total. The smallest absolute Gasteiger partial charge is 0.0571 e. The number of nitrogens with zero attached hydrogens (tertiary/aromatic N) is 1. The van der Waals surface area contributed by atoms with Crippen LogP contribution in [0.25, 0.3) is 0 Å². The van der Waals surface area contributed by atoms with Crippen molar-refractivity contribution in [3.8, 4) is 0 Å². The number of hydrogen-bond donors (Lipinski definition) is 1. The highest BCUT2D eigenvalue weighted by atomic mass is 32.2. The first-order chi connectivity index (χ1) is 8.17. The van der Waals surface area contributed by atoms with Crippen molar-refractivity contribution in [1.29, 1.82) is 0 Å². The van der Waals surface area contributed by atoms with E-state index in [0.717, 1.165) is 18.2 Å². The van der Waals surface area contributed by atoms with Gasteiger partial charge in [-0.1, -0.05) is 27.2 Å². The van der Waals surface area contributed by atoms with Crippen LogP contribution in [0.4, 0.5) is 0 Å². The fourth-order valence-electron chi connectivity index (χ4n) is 1.50. The van der Waals surface area contributed by atoms with E-state index in [-0.39, 0.29) is 0 Å². The summed E-state index contributed by atoms with van der Waals surface area (Å²) in [7, 11) is 0. The minimum absolute atomic E-state index is 0.341. The summed E-state index contributed by atoms with van der Waals surface area (Å²) < 4.78 is 0. The number of pyridine rings is 1. The van der Waals surface area contributed by atoms with Crippen molar-refractivity contribution in [1.82, 2.24) is 10.3 Å². The molecule has 0 bridgehead atoms. The SMILES string of the molecule is CCNC(C)c1ccc(SCC(C)CC)cn1. The maximum absolute atomic E-state index is 4.52. The quantitative estimate of drug-likeness (QED) is 0.745. The summed E-state index contributed by atoms with van der Waals surface area (Å²) in [6.07, 6.45) is 3.24. The minimum atomic E-state index is 0.341. The van der Waals surface area contributed by atoms with Gasteiger partial charge in [-0.3, -0.25) is 4.98 Å². The first-order valence-corrected chi connectivity index (χ1v) is 7.48. The molecule has 0 aliphatic heterocycles. The van der Waals surface area contributed by atoms with Gasteiger partial charge in [-0.25, -0.2) is 0 Å². The predicted molar refractivity (Wildman–Crippen MR) is 76.5 cm³/mol. The molecule has 1 N–H and O–H groups in total. The third-order valence-electron chi connectivity index (χ3n) is 2.94. The minimum Gasteiger partial charge on any atom is -0.309 e. The highest BCUT2D eigenvalue weighted by Gasteiger charge is 2.05. The number of aromatic nitrogens is 1. The Morgan fingerprint density at radius 1 is 1.29 bits per heavy atom. The molecule has 0 fully saturated rings. The zero-order valence-electron chi connectivity index (χ0n) is 11.4. The second-order valence-corrected chi connectivity index (χ2v) is 5.62. The van der Waals surface area contributed by atoms with Crippen LogP contribution in [0, 0.1) is 5.92 Å². The molecule has 2 atom stereocenters. The molecule has 1 aromatic heterocycles. The summed E-state index contributed by atoms with van der Waals surface area (Å²) >= 11 is 1.90. The van der Waals surface area contributed by atoms with Crippen LogP contribution in [0.3, 0.4) is 0 Å². The Kier molecular flexibility index (Phi) is 6.60. The van der Waals surface area contributed by atoms with Gasteiger partial charge < -0.3 is 5.32 Å². The number of rotatable bonds is 7. The van der Waals surface area contributed by atoms with Gasteiger partial charge in [0.05, 0.1) is 5.69 Å². The molecule has 0 aliphatic rings. The lowest BCUT2D eigenvalue weighted by atomic mass is 10.2. The highest BCUT2D eigenvalue weighted by Crippen LogP contribution is 2.22. The number of nitrogens with one attached hydrogen (secondary N) is 1. The van der Waals surface area contributed by atoms with Crippen molar-refractivity contribution in [2.24, 2.45) is 5.92 Å². The lowest BCUT2D eigenvalue weighted by molar-refractivity contribution is 0.582. The van der Waals surface area contributed by atoms with Gasteiger partial charge in [-0.15, -0.1) is 11.8 Å². The molecule has 17 heavy (non-hydrogen) atoms. The average molecular weight is 252 g/mol. The summed E-state index contributed by atoms with van der Waals surface area (Å²) in [4.78, 5) is 5.79. The summed E-state index contributed by atoms with van der Waals surface area (Å²) in [5.41, 5.74) is 1.12. The zero-order chi connectivity index (χ0) is 12.7. The molecule has 0 amide bonds. The zero-order valence-corrected chi connectivity index (χ0v) is 12.2. The molecule has 96 valence electrons. The fraction of sp³-hybridized carbons (Fsp3) is 0.643. The van der Waals surface area contributed by atoms with Gasteiger partial charge in [0.2, 0.25) is 0 Å². The Morgan fingerprint density at radius 3 is 2.59 bits per heavy atom. The molecule has 1 aromatic rings. The van der Waals surface area contributed by atoms with E-state index in [4.69, 9.17) is 0 Å². The van der Waals surface area contributed by atoms with Crippen LogP contribution < -0.4 is 5.32 Å². The Labute approximate surface area is 110 Å². The van der Waals surface area contributed by atoms with E-state index in [2.05, 4.69) is 50.1 Å². The third kappa shape index (κ3) is 5.09. The van der Waals surface area contributed by atoms with Crippen LogP contribution in [0.15, 0.2) is 23.2 Å². The third-order valence-corrected chi connectivity index (χ3v) is 4.26. The van der Waals surface area contributed by atoms with Gasteiger partial charge in [0, 0.05) is 22.9 Å². The molecular formula is C14H24N2S. The summed E-state index contributed by atoms with van der Waals surface area (Å²) in [6, 6.07) is 4.66. The van der Waals surface area contributed by atoms with Gasteiger partial charge >= 0.3 is 0 Å². The second kappa shape index (κ2) is 7.72. The standard InChI is InChI=1S/C14H24N2S/c1-5-11(3)10-17-13-7-8-14(16-9-13)12(4)15-6-2/h7-9,11-12,15H,5-6,10H2,1-4H3. The Bertz CT molecular complexity index is 311. The normalized spacial score (nSPS) is 14.6. The van der Waals surface area contributed by atoms with Crippen LogP contribution >= 0.6 is 11.8 Å². The van der Waals surface area contributed by atoms with Crippen molar-refractivity contribution < 1.29 is 0 Å². The second-order valence-electron chi connectivity index (χ2n) is 4.52. The predicted octanol–water partition coefficient (Wildman–Crippen LogP) is 3.89. The van der Waals surface area contributed by atoms with E-state index in [9.17, 15) is 0 Å². The Morgan fingerprint density at radius 2 is 2.06 bits per heavy atom. The van der Waals surface area contributed by atoms with E-state index in [1.54, 1.807) is 0 Å². The first-order valence-electron chi connectivity index (χ1n) is 6.49. The molecular weight excluding hydrogens is 228 g/mol. The summed E-state index contributed by atoms with van der Waals surface area (Å²) in [5, 5.41) is 3.37. The van der Waals surface area contributed by atoms with Crippen molar-refractivity contribution in [3.05, 3.63) is 24.0 Å². The number of thioether (sulfide) groups is 1. The Balaban J connectivity index is 2.50. The van der Waals surface area contributed by atoms with Gasteiger partial charge in [-0.05, 0) is 31.5 Å². The van der Waals surface area contributed by atoms with E-state index in [0.29, 0.717) is 6.04 Å². The van der Waals surface area contributed by atoms with Gasteiger partial charge in [0.25, 0.3) is 0 Å². The van der Waals surface area contributed by atoms with Gasteiger partial charge in [0.15, 0.2) is 0 Å². The van der Waals surface area contributed by atoms with Crippen molar-refractivity contribution in [3.63, 3.8) is 0 Å². The molecule has 1 heterocycles. The van der Waals surface area contributed by atoms with E-state index < -0.39 is 0 Å². The maximum Gasteiger partial charge on any atom is 0.0571 e. The van der Waals surface area contributed by atoms with E-state index >= 15 is 0 Å². The van der Waals surface area contributed by atoms with Crippen molar-refractivity contribution in [2.45, 2.75) is 45.1 Å². The molecule has 0 saturated heterocycles. The topological polar surface area (TPSA) is 24.9 Å². The molecule has 0 saturated carbocycles. The van der Waals surface area contributed by atoms with E-state index in [1.165, 1.54) is 17.1 Å². The molecule has 1 rings (SSSR count). The highest BCUT2D eigenvalue weighted by molar-refractivity contribution is 7.99. The molecule has 2 unspecified atom stereocenters. The molecule has 0 spiro atoms. The lowest BCUT2D eigenvalue weighted by Crippen LogP contribution is -2.18. The van der Waals surface area contributed by atoms with Crippen LogP contribution in [0.5, 0.6) is 0 Å². The Hall–Kier alpha value is -0.540. The van der Waals surface area contributed by atoms with Crippen LogP contribution in [0.2, 0.25) is 0 Å². The maximum atomic E-state index is 4.52. The number of hydrogen-bond acceptors (Lipinski definition) is 3. The van der Waals surface area contributed by atoms with Crippen molar-refractivity contribution in [2.75, 3.05) is 12.3 Å². The van der Waals surface area contributed by atoms with Gasteiger partial charge in [-0.2, -0.15) is 0 Å². The van der Waals surface area contributed by atoms with Crippen LogP contribution in [0.1, 0.15) is 45.9 Å². The molecule has 0 aliphatic carbocycles. The first kappa shape index (κ1) is 14.5. The summed E-state index contributed by atoms with van der Waals surface area (Å²) in [5.74, 6) is 1.96. The molecule has 0 radical (unpaired) electrons. The molecule has 0 aromatic carbocycles. The average Bonchev–Trinajstić information content (AvgIpc) is 2.36.